The van der Waals surface area contributed by atoms with Crippen molar-refractivity contribution < 1.29 is 9.26 Å². The zero-order valence-electron chi connectivity index (χ0n) is 14.0. The second-order valence-corrected chi connectivity index (χ2v) is 5.21. The van der Waals surface area contributed by atoms with Crippen LogP contribution in [0.25, 0.3) is 0 Å². The Morgan fingerprint density at radius 1 is 1.30 bits per heavy atom. The number of benzene rings is 1. The summed E-state index contributed by atoms with van der Waals surface area (Å²) < 4.78 is 10.7. The lowest BCUT2D eigenvalue weighted by atomic mass is 10.2. The number of nitrogens with zero attached hydrogens (tertiary/aromatic N) is 4. The molecule has 1 aromatic carbocycles. The van der Waals surface area contributed by atoms with Crippen LogP contribution in [-0.2, 0) is 6.54 Å². The van der Waals surface area contributed by atoms with E-state index >= 15 is 0 Å². The van der Waals surface area contributed by atoms with E-state index in [1.54, 1.807) is 14.0 Å². The lowest BCUT2D eigenvalue weighted by molar-refractivity contribution is 0.281. The molecule has 7 nitrogen and oxygen atoms in total. The van der Waals surface area contributed by atoms with Gasteiger partial charge in [0.15, 0.2) is 11.8 Å². The second-order valence-electron chi connectivity index (χ2n) is 5.21. The molecule has 0 aliphatic heterocycles. The number of hydrogen-bond donors (Lipinski definition) is 1. The fraction of sp³-hybridized carbons (Fsp3) is 0.438. The molecule has 1 aromatic heterocycles. The van der Waals surface area contributed by atoms with Gasteiger partial charge in [-0.2, -0.15) is 4.98 Å². The predicted molar refractivity (Wildman–Crippen MR) is 88.5 cm³/mol. The van der Waals surface area contributed by atoms with Crippen molar-refractivity contribution in [3.63, 3.8) is 0 Å². The quantitative estimate of drug-likeness (QED) is 0.646. The normalized spacial score (nSPS) is 11.4. The average molecular weight is 317 g/mol. The number of aromatic nitrogens is 2. The summed E-state index contributed by atoms with van der Waals surface area (Å²) in [6.07, 6.45) is 0. The van der Waals surface area contributed by atoms with Crippen molar-refractivity contribution in [3.05, 3.63) is 41.5 Å². The van der Waals surface area contributed by atoms with Gasteiger partial charge in [0.1, 0.15) is 12.4 Å². The molecule has 0 saturated heterocycles. The maximum absolute atomic E-state index is 5.73. The minimum absolute atomic E-state index is 0.465. The van der Waals surface area contributed by atoms with Gasteiger partial charge in [-0.25, -0.2) is 0 Å². The Labute approximate surface area is 136 Å². The van der Waals surface area contributed by atoms with Crippen LogP contribution in [0, 0.1) is 13.8 Å². The molecule has 124 valence electrons. The third kappa shape index (κ3) is 5.28. The third-order valence-corrected chi connectivity index (χ3v) is 3.26. The topological polar surface area (TPSA) is 75.8 Å². The zero-order valence-corrected chi connectivity index (χ0v) is 14.0. The number of rotatable bonds is 6. The summed E-state index contributed by atoms with van der Waals surface area (Å²) in [5, 5.41) is 7.03. The van der Waals surface area contributed by atoms with Gasteiger partial charge >= 0.3 is 0 Å². The molecule has 0 bridgehead atoms. The van der Waals surface area contributed by atoms with Crippen LogP contribution >= 0.6 is 0 Å². The number of ether oxygens (including phenoxy) is 1. The molecule has 2 aromatic rings. The van der Waals surface area contributed by atoms with Crippen LogP contribution in [0.1, 0.15) is 17.3 Å². The first-order valence-corrected chi connectivity index (χ1v) is 7.49. The molecule has 1 N–H and O–H groups in total. The Bertz CT molecular complexity index is 636. The van der Waals surface area contributed by atoms with Gasteiger partial charge < -0.3 is 19.5 Å². The SMILES string of the molecule is CN=C(NCc1noc(C)n1)N(C)CCOc1ccc(C)cc1. The van der Waals surface area contributed by atoms with E-state index in [0.29, 0.717) is 31.4 Å². The first-order valence-electron chi connectivity index (χ1n) is 7.49. The van der Waals surface area contributed by atoms with E-state index in [4.69, 9.17) is 9.26 Å². The summed E-state index contributed by atoms with van der Waals surface area (Å²) in [5.74, 6) is 2.78. The number of aryl methyl sites for hydroxylation is 2. The van der Waals surface area contributed by atoms with Crippen LogP contribution in [0.5, 0.6) is 5.75 Å². The molecule has 0 spiro atoms. The average Bonchev–Trinajstić information content (AvgIpc) is 2.95. The van der Waals surface area contributed by atoms with Crippen molar-refractivity contribution >= 4 is 5.96 Å². The van der Waals surface area contributed by atoms with Gasteiger partial charge in [-0.05, 0) is 19.1 Å². The number of guanidine groups is 1. The summed E-state index contributed by atoms with van der Waals surface area (Å²) in [6, 6.07) is 8.01. The first-order chi connectivity index (χ1) is 11.1. The van der Waals surface area contributed by atoms with Gasteiger partial charge in [-0.15, -0.1) is 0 Å². The Morgan fingerprint density at radius 3 is 2.65 bits per heavy atom. The molecule has 0 aliphatic rings. The molecule has 0 aliphatic carbocycles. The summed E-state index contributed by atoms with van der Waals surface area (Å²) >= 11 is 0. The smallest absolute Gasteiger partial charge is 0.223 e. The molecule has 7 heteroatoms. The Morgan fingerprint density at radius 2 is 2.04 bits per heavy atom. The van der Waals surface area contributed by atoms with Crippen molar-refractivity contribution in [2.24, 2.45) is 4.99 Å². The minimum Gasteiger partial charge on any atom is -0.492 e. The van der Waals surface area contributed by atoms with Crippen molar-refractivity contribution in [2.45, 2.75) is 20.4 Å². The van der Waals surface area contributed by atoms with Crippen LogP contribution in [0.3, 0.4) is 0 Å². The fourth-order valence-electron chi connectivity index (χ4n) is 2.00. The van der Waals surface area contributed by atoms with E-state index in [0.717, 1.165) is 11.7 Å². The molecule has 0 saturated carbocycles. The van der Waals surface area contributed by atoms with Crippen molar-refractivity contribution in [1.82, 2.24) is 20.4 Å². The lowest BCUT2D eigenvalue weighted by Crippen LogP contribution is -2.40. The van der Waals surface area contributed by atoms with Crippen LogP contribution in [0.15, 0.2) is 33.8 Å². The van der Waals surface area contributed by atoms with E-state index in [-0.39, 0.29) is 0 Å². The van der Waals surface area contributed by atoms with Gasteiger partial charge in [-0.3, -0.25) is 4.99 Å². The fourth-order valence-corrected chi connectivity index (χ4v) is 2.00. The molecule has 2 rings (SSSR count). The molecule has 1 heterocycles. The Hall–Kier alpha value is -2.57. The standard InChI is InChI=1S/C16H23N5O2/c1-12-5-7-14(8-6-12)22-10-9-21(4)16(17-3)18-11-15-19-13(2)23-20-15/h5-8H,9-11H2,1-4H3,(H,17,18). The maximum atomic E-state index is 5.73. The lowest BCUT2D eigenvalue weighted by Gasteiger charge is -2.21. The molecule has 0 unspecified atom stereocenters. The van der Waals surface area contributed by atoms with Gasteiger partial charge in [0.2, 0.25) is 5.89 Å². The third-order valence-electron chi connectivity index (χ3n) is 3.26. The van der Waals surface area contributed by atoms with Crippen LogP contribution in [-0.4, -0.2) is 48.2 Å². The second kappa shape index (κ2) is 8.17. The molecule has 0 fully saturated rings. The zero-order chi connectivity index (χ0) is 16.7. The number of hydrogen-bond acceptors (Lipinski definition) is 5. The van der Waals surface area contributed by atoms with Gasteiger partial charge in [0.05, 0.1) is 13.1 Å². The molecule has 23 heavy (non-hydrogen) atoms. The Kier molecular flexibility index (Phi) is 5.96. The first kappa shape index (κ1) is 16.8. The number of likely N-dealkylation sites (N-methyl/N-ethyl adjacent to an activating group) is 1. The highest BCUT2D eigenvalue weighted by Gasteiger charge is 2.08. The van der Waals surface area contributed by atoms with E-state index in [2.05, 4.69) is 27.4 Å². The minimum atomic E-state index is 0.465. The predicted octanol–water partition coefficient (Wildman–Crippen LogP) is 1.77. The number of nitrogens with one attached hydrogen (secondary N) is 1. The van der Waals surface area contributed by atoms with Crippen molar-refractivity contribution in [1.29, 1.82) is 0 Å². The van der Waals surface area contributed by atoms with E-state index in [1.165, 1.54) is 5.56 Å². The van der Waals surface area contributed by atoms with Gasteiger partial charge in [0, 0.05) is 21.0 Å². The van der Waals surface area contributed by atoms with Crippen molar-refractivity contribution in [2.75, 3.05) is 27.2 Å². The highest BCUT2D eigenvalue weighted by molar-refractivity contribution is 5.79. The number of aliphatic imine (C=N–C) groups is 1. The molecule has 0 radical (unpaired) electrons. The largest absolute Gasteiger partial charge is 0.492 e. The molecule has 0 atom stereocenters. The molecular formula is C16H23N5O2. The molecular weight excluding hydrogens is 294 g/mol. The van der Waals surface area contributed by atoms with Crippen LogP contribution in [0.4, 0.5) is 0 Å². The highest BCUT2D eigenvalue weighted by atomic mass is 16.5. The van der Waals surface area contributed by atoms with E-state index in [1.807, 2.05) is 36.2 Å². The summed E-state index contributed by atoms with van der Waals surface area (Å²) in [6.45, 7) is 5.56. The van der Waals surface area contributed by atoms with E-state index < -0.39 is 0 Å². The monoisotopic (exact) mass is 317 g/mol. The van der Waals surface area contributed by atoms with Crippen LogP contribution < -0.4 is 10.1 Å². The highest BCUT2D eigenvalue weighted by Crippen LogP contribution is 2.11. The summed E-state index contributed by atoms with van der Waals surface area (Å²) in [4.78, 5) is 10.4. The van der Waals surface area contributed by atoms with Crippen LogP contribution in [0.2, 0.25) is 0 Å². The summed E-state index contributed by atoms with van der Waals surface area (Å²) in [5.41, 5.74) is 1.22. The van der Waals surface area contributed by atoms with Gasteiger partial charge in [-0.1, -0.05) is 22.9 Å². The molecule has 0 amide bonds. The maximum Gasteiger partial charge on any atom is 0.223 e. The Balaban J connectivity index is 1.76. The van der Waals surface area contributed by atoms with Gasteiger partial charge in [0.25, 0.3) is 0 Å². The van der Waals surface area contributed by atoms with E-state index in [9.17, 15) is 0 Å². The van der Waals surface area contributed by atoms with Crippen molar-refractivity contribution in [3.8, 4) is 5.75 Å². The summed E-state index contributed by atoms with van der Waals surface area (Å²) in [7, 11) is 3.69.